The molecule has 0 spiro atoms. The summed E-state index contributed by atoms with van der Waals surface area (Å²) in [7, 11) is 1.61. The fraction of sp³-hybridized carbons (Fsp3) is 0.333. The first-order valence-electron chi connectivity index (χ1n) is 7.00. The predicted molar refractivity (Wildman–Crippen MR) is 78.4 cm³/mol. The second-order valence-electron chi connectivity index (χ2n) is 5.33. The van der Waals surface area contributed by atoms with Gasteiger partial charge >= 0.3 is 5.69 Å². The van der Waals surface area contributed by atoms with Crippen molar-refractivity contribution >= 4 is 29.1 Å². The van der Waals surface area contributed by atoms with Crippen molar-refractivity contribution < 1.29 is 14.4 Å². The van der Waals surface area contributed by atoms with Crippen LogP contribution in [0.3, 0.4) is 0 Å². The zero-order valence-corrected chi connectivity index (χ0v) is 12.0. The topological polar surface area (TPSA) is 90.2 Å². The molecule has 2 amide bonds. The van der Waals surface area contributed by atoms with Crippen LogP contribution in [0, 0.1) is 0 Å². The molecule has 7 nitrogen and oxygen atoms in total. The van der Waals surface area contributed by atoms with Crippen LogP contribution < -0.4 is 11.0 Å². The Morgan fingerprint density at radius 3 is 2.77 bits per heavy atom. The summed E-state index contributed by atoms with van der Waals surface area (Å²) in [5.74, 6) is -0.789. The molecule has 22 heavy (non-hydrogen) atoms. The maximum absolute atomic E-state index is 12.5. The summed E-state index contributed by atoms with van der Waals surface area (Å²) in [6.07, 6.45) is 1.47. The number of imidazole rings is 1. The van der Waals surface area contributed by atoms with E-state index in [0.717, 1.165) is 11.8 Å². The second-order valence-corrected chi connectivity index (χ2v) is 5.33. The van der Waals surface area contributed by atoms with Gasteiger partial charge in [0.2, 0.25) is 11.8 Å². The van der Waals surface area contributed by atoms with Gasteiger partial charge in [-0.25, -0.2) is 4.79 Å². The van der Waals surface area contributed by atoms with E-state index in [-0.39, 0.29) is 24.4 Å². The lowest BCUT2D eigenvalue weighted by Crippen LogP contribution is -2.44. The Bertz CT molecular complexity index is 846. The molecule has 1 aromatic carbocycles. The monoisotopic (exact) mass is 301 g/mol. The first-order valence-corrected chi connectivity index (χ1v) is 7.00. The fourth-order valence-corrected chi connectivity index (χ4v) is 3.00. The molecule has 2 aromatic rings. The van der Waals surface area contributed by atoms with E-state index >= 15 is 0 Å². The average molecular weight is 301 g/mol. The molecule has 1 aliphatic rings. The Morgan fingerprint density at radius 2 is 2.09 bits per heavy atom. The molecule has 0 radical (unpaired) electrons. The van der Waals surface area contributed by atoms with E-state index < -0.39 is 11.9 Å². The Labute approximate surface area is 125 Å². The molecule has 0 saturated carbocycles. The number of rotatable bonds is 3. The number of carbonyl (C=O) groups excluding carboxylic acids is 3. The molecule has 114 valence electrons. The van der Waals surface area contributed by atoms with Gasteiger partial charge in [0, 0.05) is 19.9 Å². The number of para-hydroxylation sites is 1. The average Bonchev–Trinajstić information content (AvgIpc) is 2.73. The summed E-state index contributed by atoms with van der Waals surface area (Å²) < 4.78 is 2.85. The highest BCUT2D eigenvalue weighted by molar-refractivity contribution is 6.00. The lowest BCUT2D eigenvalue weighted by molar-refractivity contribution is -0.135. The lowest BCUT2D eigenvalue weighted by atomic mass is 10.1. The standard InChI is InChI=1S/C15H15N3O4/c1-17-13-9(7-8-19)3-2-4-10(13)18(15(17)22)11-5-6-12(20)16-14(11)21/h2-4,8,11H,5-7H2,1H3,(H,16,20,21). The van der Waals surface area contributed by atoms with Crippen LogP contribution in [0.1, 0.15) is 24.4 Å². The molecule has 3 rings (SSSR count). The number of aromatic nitrogens is 2. The molecule has 0 bridgehead atoms. The van der Waals surface area contributed by atoms with Gasteiger partial charge in [-0.1, -0.05) is 12.1 Å². The van der Waals surface area contributed by atoms with Crippen molar-refractivity contribution in [2.45, 2.75) is 25.3 Å². The number of nitrogens with zero attached hydrogens (tertiary/aromatic N) is 2. The molecule has 1 N–H and O–H groups in total. The van der Waals surface area contributed by atoms with E-state index in [0.29, 0.717) is 17.5 Å². The van der Waals surface area contributed by atoms with Crippen LogP contribution in [0.15, 0.2) is 23.0 Å². The van der Waals surface area contributed by atoms with E-state index in [1.165, 1.54) is 9.13 Å². The predicted octanol–water partition coefficient (Wildman–Crippen LogP) is 0.0591. The third-order valence-electron chi connectivity index (χ3n) is 4.01. The summed E-state index contributed by atoms with van der Waals surface area (Å²) in [4.78, 5) is 46.7. The number of aldehydes is 1. The van der Waals surface area contributed by atoms with Crippen molar-refractivity contribution in [2.75, 3.05) is 0 Å². The molecule has 7 heteroatoms. The fourth-order valence-electron chi connectivity index (χ4n) is 3.00. The van der Waals surface area contributed by atoms with Crippen molar-refractivity contribution in [2.24, 2.45) is 7.05 Å². The molecular weight excluding hydrogens is 286 g/mol. The van der Waals surface area contributed by atoms with Crippen LogP contribution in [0.4, 0.5) is 0 Å². The largest absolute Gasteiger partial charge is 0.329 e. The Kier molecular flexibility index (Phi) is 3.40. The minimum Gasteiger partial charge on any atom is -0.303 e. The summed E-state index contributed by atoms with van der Waals surface area (Å²) in [6, 6.07) is 4.57. The van der Waals surface area contributed by atoms with Gasteiger partial charge in [-0.3, -0.25) is 24.0 Å². The number of amides is 2. The number of hydrogen-bond acceptors (Lipinski definition) is 4. The summed E-state index contributed by atoms with van der Waals surface area (Å²) in [5.41, 5.74) is 1.65. The number of fused-ring (bicyclic) bond motifs is 1. The Balaban J connectivity index is 2.23. The third kappa shape index (κ3) is 2.05. The zero-order chi connectivity index (χ0) is 15.9. The highest BCUT2D eigenvalue weighted by Gasteiger charge is 2.31. The van der Waals surface area contributed by atoms with Gasteiger partial charge in [-0.15, -0.1) is 0 Å². The van der Waals surface area contributed by atoms with Crippen LogP contribution in [0.25, 0.3) is 11.0 Å². The molecule has 1 saturated heterocycles. The molecule has 0 aliphatic carbocycles. The highest BCUT2D eigenvalue weighted by atomic mass is 16.2. The van der Waals surface area contributed by atoms with E-state index in [2.05, 4.69) is 5.32 Å². The summed E-state index contributed by atoms with van der Waals surface area (Å²) in [6.45, 7) is 0. The van der Waals surface area contributed by atoms with E-state index in [1.807, 2.05) is 0 Å². The van der Waals surface area contributed by atoms with Crippen LogP contribution >= 0.6 is 0 Å². The molecule has 1 aromatic heterocycles. The van der Waals surface area contributed by atoms with Crippen LogP contribution in [0.5, 0.6) is 0 Å². The molecule has 2 heterocycles. The number of piperidine rings is 1. The summed E-state index contributed by atoms with van der Waals surface area (Å²) in [5, 5.41) is 2.27. The number of benzene rings is 1. The third-order valence-corrected chi connectivity index (χ3v) is 4.01. The quantitative estimate of drug-likeness (QED) is 0.641. The molecule has 1 fully saturated rings. The Morgan fingerprint density at radius 1 is 1.32 bits per heavy atom. The number of hydrogen-bond donors (Lipinski definition) is 1. The maximum Gasteiger partial charge on any atom is 0.329 e. The van der Waals surface area contributed by atoms with Gasteiger partial charge in [0.25, 0.3) is 0 Å². The maximum atomic E-state index is 12.5. The Hall–Kier alpha value is -2.70. The SMILES string of the molecule is Cn1c(=O)n(C2CCC(=O)NC2=O)c2cccc(CC=O)c21. The first-order chi connectivity index (χ1) is 10.5. The van der Waals surface area contributed by atoms with Crippen molar-refractivity contribution in [3.63, 3.8) is 0 Å². The molecule has 1 unspecified atom stereocenters. The van der Waals surface area contributed by atoms with E-state index in [4.69, 9.17) is 0 Å². The minimum absolute atomic E-state index is 0.198. The van der Waals surface area contributed by atoms with Crippen molar-refractivity contribution in [1.82, 2.24) is 14.5 Å². The lowest BCUT2D eigenvalue weighted by Gasteiger charge is -2.21. The molecule has 1 aliphatic heterocycles. The van der Waals surface area contributed by atoms with Gasteiger partial charge < -0.3 is 4.79 Å². The van der Waals surface area contributed by atoms with Gasteiger partial charge in [0.05, 0.1) is 11.0 Å². The van der Waals surface area contributed by atoms with Gasteiger partial charge in [0.15, 0.2) is 0 Å². The number of nitrogens with one attached hydrogen (secondary N) is 1. The smallest absolute Gasteiger partial charge is 0.303 e. The van der Waals surface area contributed by atoms with Gasteiger partial charge in [-0.2, -0.15) is 0 Å². The van der Waals surface area contributed by atoms with Crippen molar-refractivity contribution in [1.29, 1.82) is 0 Å². The molecular formula is C15H15N3O4. The number of imide groups is 1. The van der Waals surface area contributed by atoms with Gasteiger partial charge in [-0.05, 0) is 18.1 Å². The normalized spacial score (nSPS) is 18.5. The minimum atomic E-state index is -0.708. The van der Waals surface area contributed by atoms with Crippen molar-refractivity contribution in [3.8, 4) is 0 Å². The first kappa shape index (κ1) is 14.2. The van der Waals surface area contributed by atoms with Crippen LogP contribution in [0.2, 0.25) is 0 Å². The van der Waals surface area contributed by atoms with E-state index in [9.17, 15) is 19.2 Å². The molecule has 1 atom stereocenters. The summed E-state index contributed by atoms with van der Waals surface area (Å²) >= 11 is 0. The van der Waals surface area contributed by atoms with Crippen LogP contribution in [-0.2, 0) is 27.9 Å². The highest BCUT2D eigenvalue weighted by Crippen LogP contribution is 2.24. The van der Waals surface area contributed by atoms with Crippen LogP contribution in [-0.4, -0.2) is 27.2 Å². The van der Waals surface area contributed by atoms with Crippen molar-refractivity contribution in [3.05, 3.63) is 34.2 Å². The van der Waals surface area contributed by atoms with E-state index in [1.54, 1.807) is 25.2 Å². The second kappa shape index (κ2) is 5.25. The number of aryl methyl sites for hydroxylation is 1. The zero-order valence-electron chi connectivity index (χ0n) is 12.0. The number of carbonyl (C=O) groups is 3. The van der Waals surface area contributed by atoms with Gasteiger partial charge in [0.1, 0.15) is 12.3 Å².